The second-order valence-corrected chi connectivity index (χ2v) is 8.33. The number of nitrogens with one attached hydrogen (secondary N) is 1. The lowest BCUT2D eigenvalue weighted by atomic mass is 10.2. The van der Waals surface area contributed by atoms with Crippen LogP contribution in [0.25, 0.3) is 22.7 Å². The molecule has 0 saturated carbocycles. The van der Waals surface area contributed by atoms with E-state index in [0.29, 0.717) is 6.20 Å². The number of fused-ring (bicyclic) bond motifs is 1. The molecule has 3 aromatic rings. The summed E-state index contributed by atoms with van der Waals surface area (Å²) in [7, 11) is -0.899. The van der Waals surface area contributed by atoms with Gasteiger partial charge in [-0.05, 0) is 18.2 Å². The summed E-state index contributed by atoms with van der Waals surface area (Å²) in [6.45, 7) is 1.44. The van der Waals surface area contributed by atoms with Crippen molar-refractivity contribution in [1.29, 1.82) is 0 Å². The summed E-state index contributed by atoms with van der Waals surface area (Å²) in [5.74, 6) is -0.811. The van der Waals surface area contributed by atoms with Gasteiger partial charge in [-0.25, -0.2) is 23.4 Å². The summed E-state index contributed by atoms with van der Waals surface area (Å²) in [6, 6.07) is 3.32. The van der Waals surface area contributed by atoms with E-state index in [9.17, 15) is 26.4 Å². The quantitative estimate of drug-likeness (QED) is 0.684. The maximum absolute atomic E-state index is 13.0. The predicted molar refractivity (Wildman–Crippen MR) is 97.9 cm³/mol. The molecular weight excluding hydrogens is 411 g/mol. The Morgan fingerprint density at radius 3 is 2.52 bits per heavy atom. The van der Waals surface area contributed by atoms with Crippen molar-refractivity contribution in [1.82, 2.24) is 24.8 Å². The molecule has 0 aliphatic carbocycles. The van der Waals surface area contributed by atoms with Gasteiger partial charge in [0, 0.05) is 20.3 Å². The first kappa shape index (κ1) is 20.7. The van der Waals surface area contributed by atoms with Crippen LogP contribution in [0.5, 0.6) is 0 Å². The number of hydrogen-bond donors (Lipinski definition) is 1. The SMILES string of the molecule is CCS(=O)(=O)c1ccc(C(=O)NC)nc1-c1nc2cc(C(F)(F)F)cnc2n1C. The van der Waals surface area contributed by atoms with Crippen LogP contribution in [0.1, 0.15) is 23.0 Å². The highest BCUT2D eigenvalue weighted by molar-refractivity contribution is 7.91. The van der Waals surface area contributed by atoms with Gasteiger partial charge in [0.1, 0.15) is 16.9 Å². The minimum atomic E-state index is -4.60. The maximum atomic E-state index is 13.0. The Morgan fingerprint density at radius 1 is 1.24 bits per heavy atom. The minimum Gasteiger partial charge on any atom is -0.354 e. The molecule has 8 nitrogen and oxygen atoms in total. The van der Waals surface area contributed by atoms with Crippen LogP contribution in [-0.4, -0.2) is 46.6 Å². The van der Waals surface area contributed by atoms with Gasteiger partial charge in [0.05, 0.1) is 16.2 Å². The number of alkyl halides is 3. The van der Waals surface area contributed by atoms with E-state index in [4.69, 9.17) is 0 Å². The van der Waals surface area contributed by atoms with Gasteiger partial charge in [-0.2, -0.15) is 13.2 Å². The van der Waals surface area contributed by atoms with Crippen molar-refractivity contribution in [2.24, 2.45) is 7.05 Å². The first-order valence-corrected chi connectivity index (χ1v) is 10.0. The molecule has 0 bridgehead atoms. The third kappa shape index (κ3) is 3.67. The van der Waals surface area contributed by atoms with E-state index < -0.39 is 27.5 Å². The standard InChI is InChI=1S/C17H16F3N5O3S/c1-4-29(27,28)12-6-5-10(16(26)21-2)23-13(12)15-24-11-7-9(17(18,19)20)8-22-14(11)25(15)3/h5-8H,4H2,1-3H3,(H,21,26). The molecule has 0 aliphatic rings. The highest BCUT2D eigenvalue weighted by Crippen LogP contribution is 2.32. The van der Waals surface area contributed by atoms with E-state index in [1.165, 1.54) is 37.7 Å². The molecule has 0 radical (unpaired) electrons. The lowest BCUT2D eigenvalue weighted by molar-refractivity contribution is -0.137. The summed E-state index contributed by atoms with van der Waals surface area (Å²) in [6.07, 6.45) is -3.93. The molecule has 0 spiro atoms. The van der Waals surface area contributed by atoms with Crippen molar-refractivity contribution in [2.45, 2.75) is 18.0 Å². The number of rotatable bonds is 4. The number of aryl methyl sites for hydroxylation is 1. The van der Waals surface area contributed by atoms with E-state index in [-0.39, 0.29) is 39.0 Å². The first-order valence-electron chi connectivity index (χ1n) is 8.35. The molecule has 0 atom stereocenters. The molecule has 0 unspecified atom stereocenters. The molecule has 0 fully saturated rings. The van der Waals surface area contributed by atoms with Crippen LogP contribution >= 0.6 is 0 Å². The van der Waals surface area contributed by atoms with Crippen molar-refractivity contribution in [3.63, 3.8) is 0 Å². The van der Waals surface area contributed by atoms with Crippen molar-refractivity contribution < 1.29 is 26.4 Å². The molecule has 3 heterocycles. The van der Waals surface area contributed by atoms with E-state index in [1.54, 1.807) is 0 Å². The summed E-state index contributed by atoms with van der Waals surface area (Å²) >= 11 is 0. The fourth-order valence-electron chi connectivity index (χ4n) is 2.71. The molecule has 1 N–H and O–H groups in total. The zero-order valence-corrected chi connectivity index (χ0v) is 16.4. The van der Waals surface area contributed by atoms with Gasteiger partial charge < -0.3 is 9.88 Å². The number of halogens is 3. The van der Waals surface area contributed by atoms with Crippen molar-refractivity contribution in [3.05, 3.63) is 35.7 Å². The Balaban J connectivity index is 2.32. The Labute approximate surface area is 163 Å². The number of nitrogens with zero attached hydrogens (tertiary/aromatic N) is 4. The molecule has 0 saturated heterocycles. The summed E-state index contributed by atoms with van der Waals surface area (Å²) in [5, 5.41) is 2.38. The maximum Gasteiger partial charge on any atom is 0.417 e. The lowest BCUT2D eigenvalue weighted by Gasteiger charge is -2.10. The van der Waals surface area contributed by atoms with Gasteiger partial charge >= 0.3 is 6.18 Å². The van der Waals surface area contributed by atoms with Gasteiger partial charge in [0.25, 0.3) is 5.91 Å². The second kappa shape index (κ2) is 7.10. The zero-order chi connectivity index (χ0) is 21.6. The van der Waals surface area contributed by atoms with Gasteiger partial charge in [0.2, 0.25) is 0 Å². The number of carbonyl (C=O) groups excluding carboxylic acids is 1. The van der Waals surface area contributed by atoms with Crippen LogP contribution in [0.4, 0.5) is 13.2 Å². The molecular formula is C17H16F3N5O3S. The topological polar surface area (TPSA) is 107 Å². The van der Waals surface area contributed by atoms with Gasteiger partial charge in [0.15, 0.2) is 21.3 Å². The van der Waals surface area contributed by atoms with Crippen molar-refractivity contribution >= 4 is 26.9 Å². The number of sulfone groups is 1. The highest BCUT2D eigenvalue weighted by atomic mass is 32.2. The number of imidazole rings is 1. The smallest absolute Gasteiger partial charge is 0.354 e. The molecule has 3 aromatic heterocycles. The molecule has 1 amide bonds. The Bertz CT molecular complexity index is 1220. The van der Waals surface area contributed by atoms with Gasteiger partial charge in [-0.3, -0.25) is 4.79 Å². The number of aromatic nitrogens is 4. The second-order valence-electron chi connectivity index (χ2n) is 6.08. The zero-order valence-electron chi connectivity index (χ0n) is 15.6. The Morgan fingerprint density at radius 2 is 1.93 bits per heavy atom. The van der Waals surface area contributed by atoms with E-state index >= 15 is 0 Å². The van der Waals surface area contributed by atoms with Crippen LogP contribution in [0.2, 0.25) is 0 Å². The van der Waals surface area contributed by atoms with Gasteiger partial charge in [-0.15, -0.1) is 0 Å². The Hall–Kier alpha value is -3.02. The average Bonchev–Trinajstić information content (AvgIpc) is 3.02. The summed E-state index contributed by atoms with van der Waals surface area (Å²) < 4.78 is 65.3. The average molecular weight is 427 g/mol. The monoisotopic (exact) mass is 427 g/mol. The molecule has 0 aliphatic heterocycles. The number of amides is 1. The van der Waals surface area contributed by atoms with E-state index in [1.807, 2.05) is 0 Å². The Kier molecular flexibility index (Phi) is 5.07. The van der Waals surface area contributed by atoms with Crippen LogP contribution in [0.3, 0.4) is 0 Å². The fourth-order valence-corrected chi connectivity index (χ4v) is 3.73. The normalized spacial score (nSPS) is 12.3. The third-order valence-electron chi connectivity index (χ3n) is 4.28. The van der Waals surface area contributed by atoms with Gasteiger partial charge in [-0.1, -0.05) is 6.92 Å². The van der Waals surface area contributed by atoms with Crippen LogP contribution in [-0.2, 0) is 23.1 Å². The third-order valence-corrected chi connectivity index (χ3v) is 6.04. The van der Waals surface area contributed by atoms with E-state index in [0.717, 1.165) is 6.07 Å². The number of hydrogen-bond acceptors (Lipinski definition) is 6. The van der Waals surface area contributed by atoms with Crippen LogP contribution < -0.4 is 5.32 Å². The first-order chi connectivity index (χ1) is 13.5. The minimum absolute atomic E-state index is 0.0235. The fraction of sp³-hybridized carbons (Fsp3) is 0.294. The van der Waals surface area contributed by atoms with Crippen molar-refractivity contribution in [2.75, 3.05) is 12.8 Å². The van der Waals surface area contributed by atoms with Crippen LogP contribution in [0, 0.1) is 0 Å². The van der Waals surface area contributed by atoms with Crippen LogP contribution in [0.15, 0.2) is 29.3 Å². The summed E-state index contributed by atoms with van der Waals surface area (Å²) in [4.78, 5) is 23.8. The molecule has 154 valence electrons. The predicted octanol–water partition coefficient (Wildman–Crippen LogP) is 2.20. The highest BCUT2D eigenvalue weighted by Gasteiger charge is 2.32. The number of carbonyl (C=O) groups is 1. The molecule has 12 heteroatoms. The van der Waals surface area contributed by atoms with E-state index in [2.05, 4.69) is 20.3 Å². The largest absolute Gasteiger partial charge is 0.417 e. The number of pyridine rings is 2. The molecule has 3 rings (SSSR count). The molecule has 29 heavy (non-hydrogen) atoms. The van der Waals surface area contributed by atoms with Crippen molar-refractivity contribution in [3.8, 4) is 11.5 Å². The molecule has 0 aromatic carbocycles. The summed E-state index contributed by atoms with van der Waals surface area (Å²) in [5.41, 5.74) is -1.15. The lowest BCUT2D eigenvalue weighted by Crippen LogP contribution is -2.20.